The molecular formula is C13H18ClNO3S. The Bertz CT molecular complexity index is 460. The number of nitrogens with one attached hydrogen (secondary N) is 1. The topological polar surface area (TPSA) is 66.4 Å². The lowest BCUT2D eigenvalue weighted by Crippen LogP contribution is -2.52. The van der Waals surface area contributed by atoms with Gasteiger partial charge in [0.25, 0.3) is 0 Å². The number of rotatable bonds is 7. The smallest absolute Gasteiger partial charge is 0.329 e. The molecular weight excluding hydrogens is 286 g/mol. The second-order valence-corrected chi connectivity index (χ2v) is 6.44. The minimum absolute atomic E-state index is 0.247. The summed E-state index contributed by atoms with van der Waals surface area (Å²) in [4.78, 5) is 24.0. The molecule has 1 amide bonds. The molecule has 6 heteroatoms. The number of amides is 1. The number of hydrogen-bond acceptors (Lipinski definition) is 3. The van der Waals surface area contributed by atoms with E-state index in [9.17, 15) is 14.7 Å². The van der Waals surface area contributed by atoms with Gasteiger partial charge in [-0.2, -0.15) is 0 Å². The first-order chi connectivity index (χ1) is 8.87. The minimum Gasteiger partial charge on any atom is -0.480 e. The molecule has 1 aromatic rings. The lowest BCUT2D eigenvalue weighted by atomic mass is 9.96. The van der Waals surface area contributed by atoms with E-state index in [4.69, 9.17) is 11.6 Å². The van der Waals surface area contributed by atoms with Gasteiger partial charge in [0.15, 0.2) is 0 Å². The Kier molecular flexibility index (Phi) is 5.82. The van der Waals surface area contributed by atoms with Crippen LogP contribution in [0.4, 0.5) is 0 Å². The van der Waals surface area contributed by atoms with Crippen LogP contribution in [0.1, 0.15) is 38.0 Å². The molecule has 106 valence electrons. The summed E-state index contributed by atoms with van der Waals surface area (Å²) in [5, 5.41) is 11.8. The first-order valence-electron chi connectivity index (χ1n) is 6.16. The molecule has 0 spiro atoms. The predicted octanol–water partition coefficient (Wildman–Crippen LogP) is 3.09. The molecule has 0 aliphatic rings. The average Bonchev–Trinajstić information content (AvgIpc) is 2.72. The van der Waals surface area contributed by atoms with Crippen LogP contribution in [0.15, 0.2) is 12.1 Å². The molecule has 0 bridgehead atoms. The summed E-state index contributed by atoms with van der Waals surface area (Å²) in [5.41, 5.74) is -1.18. The van der Waals surface area contributed by atoms with Crippen molar-refractivity contribution in [1.82, 2.24) is 5.32 Å². The maximum Gasteiger partial charge on any atom is 0.329 e. The van der Waals surface area contributed by atoms with Crippen LogP contribution < -0.4 is 5.32 Å². The zero-order valence-corrected chi connectivity index (χ0v) is 12.6. The summed E-state index contributed by atoms with van der Waals surface area (Å²) >= 11 is 7.24. The van der Waals surface area contributed by atoms with E-state index in [0.717, 1.165) is 4.88 Å². The van der Waals surface area contributed by atoms with Gasteiger partial charge in [0.2, 0.25) is 5.91 Å². The van der Waals surface area contributed by atoms with Crippen LogP contribution in [-0.4, -0.2) is 22.5 Å². The molecule has 1 heterocycles. The largest absolute Gasteiger partial charge is 0.480 e. The molecule has 0 saturated carbocycles. The zero-order valence-electron chi connectivity index (χ0n) is 11.0. The summed E-state index contributed by atoms with van der Waals surface area (Å²) in [5.74, 6) is -1.25. The molecule has 4 nitrogen and oxygen atoms in total. The van der Waals surface area contributed by atoms with Crippen LogP contribution in [0.2, 0.25) is 4.34 Å². The Morgan fingerprint density at radius 3 is 2.63 bits per heavy atom. The molecule has 1 atom stereocenters. The Morgan fingerprint density at radius 2 is 2.16 bits per heavy atom. The zero-order chi connectivity index (χ0) is 14.5. The van der Waals surface area contributed by atoms with E-state index >= 15 is 0 Å². The fourth-order valence-corrected chi connectivity index (χ4v) is 2.90. The first kappa shape index (κ1) is 16.0. The number of aliphatic carboxylic acids is 1. The number of carboxylic acid groups (broad SMARTS) is 1. The maximum absolute atomic E-state index is 11.8. The number of carboxylic acids is 1. The van der Waals surface area contributed by atoms with E-state index in [2.05, 4.69) is 5.32 Å². The molecule has 0 saturated heterocycles. The average molecular weight is 304 g/mol. The number of carbonyl (C=O) groups is 2. The van der Waals surface area contributed by atoms with Crippen LogP contribution in [-0.2, 0) is 16.0 Å². The molecule has 0 aliphatic carbocycles. The summed E-state index contributed by atoms with van der Waals surface area (Å²) in [6.07, 6.45) is 1.96. The summed E-state index contributed by atoms with van der Waals surface area (Å²) < 4.78 is 0.691. The van der Waals surface area contributed by atoms with Gasteiger partial charge in [0.05, 0.1) is 4.34 Å². The highest BCUT2D eigenvalue weighted by Gasteiger charge is 2.33. The van der Waals surface area contributed by atoms with Crippen molar-refractivity contribution in [3.63, 3.8) is 0 Å². The van der Waals surface area contributed by atoms with Crippen molar-refractivity contribution in [1.29, 1.82) is 0 Å². The van der Waals surface area contributed by atoms with Gasteiger partial charge >= 0.3 is 5.97 Å². The van der Waals surface area contributed by atoms with E-state index in [1.165, 1.54) is 11.3 Å². The Hall–Kier alpha value is -1.07. The molecule has 0 radical (unpaired) electrons. The predicted molar refractivity (Wildman–Crippen MR) is 76.7 cm³/mol. The summed E-state index contributed by atoms with van der Waals surface area (Å²) in [6, 6.07) is 3.67. The van der Waals surface area contributed by atoms with Gasteiger partial charge < -0.3 is 10.4 Å². The first-order valence-corrected chi connectivity index (χ1v) is 7.35. The number of aryl methyl sites for hydroxylation is 1. The maximum atomic E-state index is 11.8. The SMILES string of the molecule is CCCC(C)(NC(=O)CCc1ccc(Cl)s1)C(=O)O. The number of halogens is 1. The highest BCUT2D eigenvalue weighted by molar-refractivity contribution is 7.16. The molecule has 0 aromatic carbocycles. The van der Waals surface area contributed by atoms with Gasteiger partial charge in [-0.3, -0.25) is 4.79 Å². The Morgan fingerprint density at radius 1 is 1.47 bits per heavy atom. The third-order valence-electron chi connectivity index (χ3n) is 2.86. The molecule has 1 aromatic heterocycles. The minimum atomic E-state index is -1.18. The lowest BCUT2D eigenvalue weighted by molar-refractivity contribution is -0.147. The third-order valence-corrected chi connectivity index (χ3v) is 4.16. The molecule has 1 unspecified atom stereocenters. The Balaban J connectivity index is 2.51. The summed E-state index contributed by atoms with van der Waals surface area (Å²) in [7, 11) is 0. The second-order valence-electron chi connectivity index (χ2n) is 4.64. The van der Waals surface area contributed by atoms with Gasteiger partial charge in [0, 0.05) is 11.3 Å². The number of thiophene rings is 1. The van der Waals surface area contributed by atoms with Gasteiger partial charge in [0.1, 0.15) is 5.54 Å². The molecule has 2 N–H and O–H groups in total. The quantitative estimate of drug-likeness (QED) is 0.813. The van der Waals surface area contributed by atoms with Gasteiger partial charge in [-0.1, -0.05) is 24.9 Å². The van der Waals surface area contributed by atoms with Crippen LogP contribution in [0.5, 0.6) is 0 Å². The van der Waals surface area contributed by atoms with Crippen molar-refractivity contribution < 1.29 is 14.7 Å². The fourth-order valence-electron chi connectivity index (χ4n) is 1.82. The van der Waals surface area contributed by atoms with Crippen molar-refractivity contribution in [2.45, 2.75) is 45.1 Å². The Labute approximate surface area is 121 Å². The second kappa shape index (κ2) is 6.91. The van der Waals surface area contributed by atoms with Crippen LogP contribution in [0, 0.1) is 0 Å². The van der Waals surface area contributed by atoms with Crippen molar-refractivity contribution in [3.8, 4) is 0 Å². The van der Waals surface area contributed by atoms with E-state index in [1.807, 2.05) is 13.0 Å². The number of hydrogen-bond donors (Lipinski definition) is 2. The molecule has 0 fully saturated rings. The van der Waals surface area contributed by atoms with E-state index in [0.29, 0.717) is 23.6 Å². The van der Waals surface area contributed by atoms with Crippen LogP contribution in [0.25, 0.3) is 0 Å². The highest BCUT2D eigenvalue weighted by atomic mass is 35.5. The third kappa shape index (κ3) is 4.84. The summed E-state index contributed by atoms with van der Waals surface area (Å²) in [6.45, 7) is 3.43. The lowest BCUT2D eigenvalue weighted by Gasteiger charge is -2.25. The van der Waals surface area contributed by atoms with Crippen molar-refractivity contribution in [3.05, 3.63) is 21.3 Å². The van der Waals surface area contributed by atoms with E-state index < -0.39 is 11.5 Å². The molecule has 1 rings (SSSR count). The number of carbonyl (C=O) groups excluding carboxylic acids is 1. The van der Waals surface area contributed by atoms with Gasteiger partial charge in [-0.05, 0) is 31.9 Å². The van der Waals surface area contributed by atoms with Crippen LogP contribution >= 0.6 is 22.9 Å². The van der Waals surface area contributed by atoms with Crippen LogP contribution in [0.3, 0.4) is 0 Å². The highest BCUT2D eigenvalue weighted by Crippen LogP contribution is 2.22. The van der Waals surface area contributed by atoms with Crippen molar-refractivity contribution in [2.75, 3.05) is 0 Å². The van der Waals surface area contributed by atoms with E-state index in [1.54, 1.807) is 13.0 Å². The van der Waals surface area contributed by atoms with E-state index in [-0.39, 0.29) is 12.3 Å². The van der Waals surface area contributed by atoms with Crippen molar-refractivity contribution >= 4 is 34.8 Å². The standard InChI is InChI=1S/C13H18ClNO3S/c1-3-8-13(2,12(17)18)15-11(16)7-5-9-4-6-10(14)19-9/h4,6H,3,5,7-8H2,1-2H3,(H,15,16)(H,17,18). The fraction of sp³-hybridized carbons (Fsp3) is 0.538. The molecule has 0 aliphatic heterocycles. The van der Waals surface area contributed by atoms with Crippen molar-refractivity contribution in [2.24, 2.45) is 0 Å². The normalized spacial score (nSPS) is 13.8. The monoisotopic (exact) mass is 303 g/mol. The van der Waals surface area contributed by atoms with Gasteiger partial charge in [-0.25, -0.2) is 4.79 Å². The molecule has 19 heavy (non-hydrogen) atoms. The van der Waals surface area contributed by atoms with Gasteiger partial charge in [-0.15, -0.1) is 11.3 Å².